The van der Waals surface area contributed by atoms with Crippen molar-refractivity contribution in [3.8, 4) is 5.75 Å². The van der Waals surface area contributed by atoms with E-state index in [-0.39, 0.29) is 5.84 Å². The van der Waals surface area contributed by atoms with E-state index in [4.69, 9.17) is 10.1 Å². The Bertz CT molecular complexity index is 787. The van der Waals surface area contributed by atoms with Gasteiger partial charge in [-0.25, -0.2) is 4.99 Å². The van der Waals surface area contributed by atoms with Gasteiger partial charge in [0.1, 0.15) is 11.7 Å². The number of nitrogens with one attached hydrogen (secondary N) is 1. The molecule has 0 spiro atoms. The second-order valence-corrected chi connectivity index (χ2v) is 7.28. The minimum Gasteiger partial charge on any atom is -0.483 e. The second-order valence-electron chi connectivity index (χ2n) is 7.02. The predicted octanol–water partition coefficient (Wildman–Crippen LogP) is 5.34. The number of likely N-dealkylation sites (N-methyl/N-ethyl adjacent to an activating group) is 1. The predicted molar refractivity (Wildman–Crippen MR) is 129 cm³/mol. The third-order valence-corrected chi connectivity index (χ3v) is 5.08. The number of benzene rings is 2. The number of hydrogen-bond donors (Lipinski definition) is 2. The maximum Gasteiger partial charge on any atom is 0.151 e. The molecule has 0 aliphatic carbocycles. The number of thiol groups is 1. The zero-order chi connectivity index (χ0) is 21.8. The van der Waals surface area contributed by atoms with Crippen molar-refractivity contribution in [1.29, 1.82) is 5.41 Å². The molecule has 2 aromatic carbocycles. The number of hydrogen-bond acceptors (Lipinski definition) is 4. The molecule has 0 saturated carbocycles. The first kappa shape index (κ1) is 24.9. The van der Waals surface area contributed by atoms with E-state index >= 15 is 0 Å². The van der Waals surface area contributed by atoms with Crippen LogP contribution in [-0.4, -0.2) is 43.5 Å². The Kier molecular flexibility index (Phi) is 11.3. The first-order valence-corrected chi connectivity index (χ1v) is 10.7. The van der Waals surface area contributed by atoms with Gasteiger partial charge in [0.05, 0.1) is 0 Å². The molecule has 1 N–H and O–H groups in total. The zero-order valence-corrected chi connectivity index (χ0v) is 19.4. The van der Waals surface area contributed by atoms with Crippen molar-refractivity contribution >= 4 is 25.2 Å². The summed E-state index contributed by atoms with van der Waals surface area (Å²) in [5.74, 6) is 1.61. The Morgan fingerprint density at radius 3 is 2.31 bits per heavy atom. The van der Waals surface area contributed by atoms with E-state index in [0.717, 1.165) is 37.2 Å². The molecule has 29 heavy (non-hydrogen) atoms. The van der Waals surface area contributed by atoms with E-state index in [1.807, 2.05) is 24.3 Å². The summed E-state index contributed by atoms with van der Waals surface area (Å²) in [6.45, 7) is 14.0. The van der Waals surface area contributed by atoms with Crippen LogP contribution in [0.4, 0.5) is 0 Å². The number of aryl methyl sites for hydroxylation is 3. The van der Waals surface area contributed by atoms with Gasteiger partial charge in [-0.1, -0.05) is 44.2 Å². The van der Waals surface area contributed by atoms with E-state index in [2.05, 4.69) is 76.1 Å². The van der Waals surface area contributed by atoms with Crippen molar-refractivity contribution in [3.05, 3.63) is 64.2 Å². The van der Waals surface area contributed by atoms with Crippen LogP contribution in [0.3, 0.4) is 0 Å². The third kappa shape index (κ3) is 8.42. The summed E-state index contributed by atoms with van der Waals surface area (Å²) in [6.07, 6.45) is 2.12. The van der Waals surface area contributed by atoms with Crippen LogP contribution in [0.1, 0.15) is 41.7 Å². The fourth-order valence-electron chi connectivity index (χ4n) is 2.80. The van der Waals surface area contributed by atoms with Crippen molar-refractivity contribution in [3.63, 3.8) is 0 Å². The molecule has 2 rings (SSSR count). The van der Waals surface area contributed by atoms with E-state index in [1.165, 1.54) is 22.3 Å². The molecule has 0 radical (unpaired) electrons. The fourth-order valence-corrected chi connectivity index (χ4v) is 2.94. The summed E-state index contributed by atoms with van der Waals surface area (Å²) in [6, 6.07) is 12.2. The topological polar surface area (TPSA) is 48.7 Å². The third-order valence-electron chi connectivity index (χ3n) is 4.95. The van der Waals surface area contributed by atoms with Crippen molar-refractivity contribution in [2.45, 2.75) is 40.5 Å². The first-order valence-electron chi connectivity index (χ1n) is 10.0. The van der Waals surface area contributed by atoms with E-state index in [9.17, 15) is 0 Å². The Labute approximate surface area is 181 Å². The second kappa shape index (κ2) is 13.2. The molecule has 0 bridgehead atoms. The highest BCUT2D eigenvalue weighted by Gasteiger charge is 2.06. The highest BCUT2D eigenvalue weighted by atomic mass is 32.1. The molecule has 0 fully saturated rings. The molecule has 158 valence electrons. The molecule has 0 aliphatic rings. The maximum absolute atomic E-state index is 7.38. The van der Waals surface area contributed by atoms with Gasteiger partial charge in [0.2, 0.25) is 0 Å². The summed E-state index contributed by atoms with van der Waals surface area (Å²) >= 11 is 4.09. The summed E-state index contributed by atoms with van der Waals surface area (Å²) in [7, 11) is 2.15. The lowest BCUT2D eigenvalue weighted by Crippen LogP contribution is -2.20. The van der Waals surface area contributed by atoms with Gasteiger partial charge in [-0.15, -0.1) is 12.6 Å². The maximum atomic E-state index is 7.38. The molecular weight excluding hydrogens is 378 g/mol. The Morgan fingerprint density at radius 1 is 1.14 bits per heavy atom. The lowest BCUT2D eigenvalue weighted by atomic mass is 10.0. The van der Waals surface area contributed by atoms with Crippen molar-refractivity contribution < 1.29 is 4.74 Å². The number of amidine groups is 1. The van der Waals surface area contributed by atoms with Crippen LogP contribution in [-0.2, 0) is 12.8 Å². The highest BCUT2D eigenvalue weighted by Crippen LogP contribution is 2.23. The summed E-state index contributed by atoms with van der Waals surface area (Å²) in [4.78, 5) is 5.87. The van der Waals surface area contributed by atoms with E-state index < -0.39 is 0 Å². The molecule has 2 aromatic rings. The van der Waals surface area contributed by atoms with Crippen molar-refractivity contribution in [2.75, 3.05) is 26.1 Å². The number of rotatable bonds is 8. The monoisotopic (exact) mass is 413 g/mol. The number of aliphatic imine (C=N–C) groups is 1. The summed E-state index contributed by atoms with van der Waals surface area (Å²) < 4.78 is 5.47. The van der Waals surface area contributed by atoms with Gasteiger partial charge in [-0.2, -0.15) is 0 Å². The molecule has 0 saturated heterocycles. The normalized spacial score (nSPS) is 10.3. The smallest absolute Gasteiger partial charge is 0.151 e. The number of nitrogens with zero attached hydrogens (tertiary/aromatic N) is 2. The molecule has 0 atom stereocenters. The Morgan fingerprint density at radius 2 is 1.79 bits per heavy atom. The molecule has 0 amide bonds. The van der Waals surface area contributed by atoms with Gasteiger partial charge < -0.3 is 9.64 Å². The molecule has 5 heteroatoms. The SMILES string of the molecule is C=NC(=N)c1ccc(CC)cc1.CCN(C)CCc1cc(C)c(OCS)cc1C. The van der Waals surface area contributed by atoms with Crippen LogP contribution in [0.25, 0.3) is 0 Å². The minimum atomic E-state index is 0.234. The van der Waals surface area contributed by atoms with Gasteiger partial charge in [0.15, 0.2) is 5.84 Å². The standard InChI is InChI=1S/C14H23NOS.C10H12N2/c1-5-15(4)7-6-13-8-12(3)14(16-10-17)9-11(13)2;1-3-8-4-6-9(7-5-8)10(11)12-2/h8-9,17H,5-7,10H2,1-4H3;4-7,11H,2-3H2,1H3. The quantitative estimate of drug-likeness (QED) is 0.266. The average Bonchev–Trinajstić information content (AvgIpc) is 2.74. The molecule has 4 nitrogen and oxygen atoms in total. The Hall–Kier alpha value is -2.11. The molecule has 0 aliphatic heterocycles. The fraction of sp³-hybridized carbons (Fsp3) is 0.417. The lowest BCUT2D eigenvalue weighted by molar-refractivity contribution is 0.357. The summed E-state index contributed by atoms with van der Waals surface area (Å²) in [5.41, 5.74) is 6.00. The minimum absolute atomic E-state index is 0.234. The Balaban J connectivity index is 0.000000308. The molecular formula is C24H35N3OS. The average molecular weight is 414 g/mol. The van der Waals surface area contributed by atoms with Crippen LogP contribution >= 0.6 is 12.6 Å². The number of ether oxygens (including phenoxy) is 1. The summed E-state index contributed by atoms with van der Waals surface area (Å²) in [5, 5.41) is 7.38. The van der Waals surface area contributed by atoms with Gasteiger partial charge in [-0.3, -0.25) is 5.41 Å². The van der Waals surface area contributed by atoms with Gasteiger partial charge >= 0.3 is 0 Å². The molecule has 0 aromatic heterocycles. The van der Waals surface area contributed by atoms with Crippen LogP contribution in [0.15, 0.2) is 41.4 Å². The molecule has 0 heterocycles. The highest BCUT2D eigenvalue weighted by molar-refractivity contribution is 7.80. The van der Waals surface area contributed by atoms with Crippen molar-refractivity contribution in [1.82, 2.24) is 4.90 Å². The van der Waals surface area contributed by atoms with Crippen LogP contribution in [0.2, 0.25) is 0 Å². The molecule has 0 unspecified atom stereocenters. The van der Waals surface area contributed by atoms with E-state index in [1.54, 1.807) is 0 Å². The zero-order valence-electron chi connectivity index (χ0n) is 18.5. The van der Waals surface area contributed by atoms with Crippen LogP contribution in [0, 0.1) is 19.3 Å². The van der Waals surface area contributed by atoms with Gasteiger partial charge in [-0.05, 0) is 75.3 Å². The van der Waals surface area contributed by atoms with Gasteiger partial charge in [0.25, 0.3) is 0 Å². The van der Waals surface area contributed by atoms with E-state index in [0.29, 0.717) is 5.94 Å². The first-order chi connectivity index (χ1) is 13.9. The largest absolute Gasteiger partial charge is 0.483 e. The van der Waals surface area contributed by atoms with Gasteiger partial charge in [0, 0.05) is 12.1 Å². The van der Waals surface area contributed by atoms with Crippen LogP contribution < -0.4 is 4.74 Å². The lowest BCUT2D eigenvalue weighted by Gasteiger charge is -2.16. The van der Waals surface area contributed by atoms with Crippen molar-refractivity contribution in [2.24, 2.45) is 4.99 Å². The van der Waals surface area contributed by atoms with Crippen LogP contribution in [0.5, 0.6) is 5.75 Å².